The summed E-state index contributed by atoms with van der Waals surface area (Å²) in [4.78, 5) is 23.6. The van der Waals surface area contributed by atoms with Gasteiger partial charge in [0.1, 0.15) is 0 Å². The van der Waals surface area contributed by atoms with Gasteiger partial charge >= 0.3 is 0 Å². The van der Waals surface area contributed by atoms with E-state index in [9.17, 15) is 9.59 Å². The molecule has 1 heterocycles. The number of hydrogen-bond donors (Lipinski definition) is 2. The van der Waals surface area contributed by atoms with Crippen LogP contribution in [-0.4, -0.2) is 10.5 Å². The van der Waals surface area contributed by atoms with Crippen LogP contribution < -0.4 is 16.6 Å². The number of rotatable bonds is 5. The summed E-state index contributed by atoms with van der Waals surface area (Å²) in [6.07, 6.45) is 2.72. The zero-order valence-electron chi connectivity index (χ0n) is 12.0. The molecule has 5 nitrogen and oxygen atoms in total. The van der Waals surface area contributed by atoms with Crippen molar-refractivity contribution in [3.05, 3.63) is 58.5 Å². The van der Waals surface area contributed by atoms with Crippen molar-refractivity contribution >= 4 is 17.3 Å². The average Bonchev–Trinajstić information content (AvgIpc) is 2.46. The third-order valence-electron chi connectivity index (χ3n) is 3.21. The normalized spacial score (nSPS) is 10.3. The SMILES string of the molecule is Cc1cccn(CCCC(=O)Nc2ccc(N)cc2)c1=O. The Labute approximate surface area is 123 Å². The molecule has 0 unspecified atom stereocenters. The van der Waals surface area contributed by atoms with Crippen molar-refractivity contribution in [1.29, 1.82) is 0 Å². The average molecular weight is 285 g/mol. The van der Waals surface area contributed by atoms with Gasteiger partial charge < -0.3 is 15.6 Å². The number of amides is 1. The fourth-order valence-corrected chi connectivity index (χ4v) is 2.03. The number of nitrogens with two attached hydrogens (primary N) is 1. The van der Waals surface area contributed by atoms with Gasteiger partial charge in [0.2, 0.25) is 5.91 Å². The maximum Gasteiger partial charge on any atom is 0.253 e. The number of carbonyl (C=O) groups is 1. The maximum atomic E-state index is 11.8. The number of nitrogen functional groups attached to an aromatic ring is 1. The number of aryl methyl sites for hydroxylation is 2. The summed E-state index contributed by atoms with van der Waals surface area (Å²) in [5, 5.41) is 2.80. The first-order chi connectivity index (χ1) is 10.1. The van der Waals surface area contributed by atoms with Gasteiger partial charge in [-0.3, -0.25) is 9.59 Å². The Balaban J connectivity index is 1.83. The van der Waals surface area contributed by atoms with Crippen molar-refractivity contribution in [1.82, 2.24) is 4.57 Å². The Hall–Kier alpha value is -2.56. The van der Waals surface area contributed by atoms with Gasteiger partial charge in [-0.25, -0.2) is 0 Å². The molecule has 1 amide bonds. The summed E-state index contributed by atoms with van der Waals surface area (Å²) in [7, 11) is 0. The highest BCUT2D eigenvalue weighted by atomic mass is 16.1. The first-order valence-electron chi connectivity index (χ1n) is 6.88. The Morgan fingerprint density at radius 3 is 2.67 bits per heavy atom. The van der Waals surface area contributed by atoms with E-state index < -0.39 is 0 Å². The van der Waals surface area contributed by atoms with Crippen LogP contribution in [0.5, 0.6) is 0 Å². The van der Waals surface area contributed by atoms with Gasteiger partial charge in [-0.15, -0.1) is 0 Å². The van der Waals surface area contributed by atoms with E-state index in [0.717, 1.165) is 5.69 Å². The number of pyridine rings is 1. The molecule has 0 saturated heterocycles. The number of nitrogens with zero attached hydrogens (tertiary/aromatic N) is 1. The van der Waals surface area contributed by atoms with E-state index in [1.165, 1.54) is 0 Å². The molecule has 0 atom stereocenters. The van der Waals surface area contributed by atoms with Crippen molar-refractivity contribution < 1.29 is 4.79 Å². The topological polar surface area (TPSA) is 77.1 Å². The van der Waals surface area contributed by atoms with E-state index in [1.54, 1.807) is 48.0 Å². The van der Waals surface area contributed by atoms with Crippen LogP contribution in [0.3, 0.4) is 0 Å². The van der Waals surface area contributed by atoms with E-state index in [2.05, 4.69) is 5.32 Å². The van der Waals surface area contributed by atoms with Crippen molar-refractivity contribution in [3.8, 4) is 0 Å². The predicted molar refractivity (Wildman–Crippen MR) is 84.2 cm³/mol. The second-order valence-corrected chi connectivity index (χ2v) is 4.96. The Kier molecular flexibility index (Phi) is 4.77. The van der Waals surface area contributed by atoms with Crippen LogP contribution in [0.15, 0.2) is 47.4 Å². The molecule has 1 aromatic carbocycles. The van der Waals surface area contributed by atoms with E-state index in [0.29, 0.717) is 30.6 Å². The second kappa shape index (κ2) is 6.74. The van der Waals surface area contributed by atoms with Crippen LogP contribution in [0.2, 0.25) is 0 Å². The number of aromatic nitrogens is 1. The minimum Gasteiger partial charge on any atom is -0.399 e. The van der Waals surface area contributed by atoms with E-state index in [1.807, 2.05) is 6.07 Å². The number of carbonyl (C=O) groups excluding carboxylic acids is 1. The molecule has 3 N–H and O–H groups in total. The Bertz CT molecular complexity index is 675. The monoisotopic (exact) mass is 285 g/mol. The van der Waals surface area contributed by atoms with Gasteiger partial charge in [0, 0.05) is 36.1 Å². The van der Waals surface area contributed by atoms with Crippen molar-refractivity contribution in [2.75, 3.05) is 11.1 Å². The van der Waals surface area contributed by atoms with Crippen LogP contribution in [-0.2, 0) is 11.3 Å². The van der Waals surface area contributed by atoms with Crippen molar-refractivity contribution in [2.45, 2.75) is 26.3 Å². The Morgan fingerprint density at radius 1 is 1.24 bits per heavy atom. The molecule has 0 bridgehead atoms. The number of hydrogen-bond acceptors (Lipinski definition) is 3. The number of benzene rings is 1. The molecule has 0 aliphatic rings. The van der Waals surface area contributed by atoms with Crippen LogP contribution in [0.4, 0.5) is 11.4 Å². The van der Waals surface area contributed by atoms with Gasteiger partial charge in [0.05, 0.1) is 0 Å². The second-order valence-electron chi connectivity index (χ2n) is 4.96. The molecule has 0 fully saturated rings. The molecule has 5 heteroatoms. The number of nitrogens with one attached hydrogen (secondary N) is 1. The number of anilines is 2. The smallest absolute Gasteiger partial charge is 0.253 e. The lowest BCUT2D eigenvalue weighted by molar-refractivity contribution is -0.116. The maximum absolute atomic E-state index is 11.8. The summed E-state index contributed by atoms with van der Waals surface area (Å²) in [6, 6.07) is 10.6. The van der Waals surface area contributed by atoms with Crippen LogP contribution >= 0.6 is 0 Å². The first-order valence-corrected chi connectivity index (χ1v) is 6.88. The predicted octanol–water partition coefficient (Wildman–Crippen LogP) is 2.16. The molecule has 0 saturated carbocycles. The fraction of sp³-hybridized carbons (Fsp3) is 0.250. The molecule has 0 aliphatic carbocycles. The molecule has 1 aromatic heterocycles. The third-order valence-corrected chi connectivity index (χ3v) is 3.21. The minimum absolute atomic E-state index is 0.00329. The minimum atomic E-state index is -0.0690. The standard InChI is InChI=1S/C16H19N3O2/c1-12-4-2-10-19(16(12)21)11-3-5-15(20)18-14-8-6-13(17)7-9-14/h2,4,6-10H,3,5,11,17H2,1H3,(H,18,20). The largest absolute Gasteiger partial charge is 0.399 e. The van der Waals surface area contributed by atoms with Crippen LogP contribution in [0.25, 0.3) is 0 Å². The van der Waals surface area contributed by atoms with Crippen molar-refractivity contribution in [3.63, 3.8) is 0 Å². The van der Waals surface area contributed by atoms with Gasteiger partial charge in [0.25, 0.3) is 5.56 Å². The Morgan fingerprint density at radius 2 is 1.95 bits per heavy atom. The molecular formula is C16H19N3O2. The lowest BCUT2D eigenvalue weighted by atomic mass is 10.2. The summed E-state index contributed by atoms with van der Waals surface area (Å²) in [5.41, 5.74) is 7.68. The lowest BCUT2D eigenvalue weighted by Gasteiger charge is -2.07. The van der Waals surface area contributed by atoms with Gasteiger partial charge in [-0.05, 0) is 43.7 Å². The van der Waals surface area contributed by atoms with Gasteiger partial charge in [-0.2, -0.15) is 0 Å². The van der Waals surface area contributed by atoms with Crippen molar-refractivity contribution in [2.24, 2.45) is 0 Å². The first kappa shape index (κ1) is 14.8. The summed E-state index contributed by atoms with van der Waals surface area (Å²) in [6.45, 7) is 2.32. The lowest BCUT2D eigenvalue weighted by Crippen LogP contribution is -2.22. The van der Waals surface area contributed by atoms with Crippen LogP contribution in [0, 0.1) is 6.92 Å². The van der Waals surface area contributed by atoms with Gasteiger partial charge in [-0.1, -0.05) is 6.07 Å². The fourth-order valence-electron chi connectivity index (χ4n) is 2.03. The van der Waals surface area contributed by atoms with E-state index >= 15 is 0 Å². The zero-order valence-corrected chi connectivity index (χ0v) is 12.0. The summed E-state index contributed by atoms with van der Waals surface area (Å²) < 4.78 is 1.63. The molecule has 2 rings (SSSR count). The summed E-state index contributed by atoms with van der Waals surface area (Å²) >= 11 is 0. The molecular weight excluding hydrogens is 266 g/mol. The van der Waals surface area contributed by atoms with E-state index in [4.69, 9.17) is 5.73 Å². The molecule has 0 aliphatic heterocycles. The molecule has 21 heavy (non-hydrogen) atoms. The highest BCUT2D eigenvalue weighted by Gasteiger charge is 2.04. The molecule has 0 spiro atoms. The summed E-state index contributed by atoms with van der Waals surface area (Å²) in [5.74, 6) is -0.0690. The zero-order chi connectivity index (χ0) is 15.2. The van der Waals surface area contributed by atoms with E-state index in [-0.39, 0.29) is 11.5 Å². The quantitative estimate of drug-likeness (QED) is 0.826. The van der Waals surface area contributed by atoms with Gasteiger partial charge in [0.15, 0.2) is 0 Å². The highest BCUT2D eigenvalue weighted by Crippen LogP contribution is 2.11. The molecule has 2 aromatic rings. The molecule has 110 valence electrons. The highest BCUT2D eigenvalue weighted by molar-refractivity contribution is 5.90. The van der Waals surface area contributed by atoms with Crippen LogP contribution in [0.1, 0.15) is 18.4 Å². The third kappa shape index (κ3) is 4.21. The molecule has 0 radical (unpaired) electrons.